The molecule has 0 aliphatic rings. The van der Waals surface area contributed by atoms with E-state index in [1.807, 2.05) is 0 Å². The van der Waals surface area contributed by atoms with E-state index < -0.39 is 10.1 Å². The van der Waals surface area contributed by atoms with Crippen molar-refractivity contribution in [2.24, 2.45) is 0 Å². The summed E-state index contributed by atoms with van der Waals surface area (Å²) in [6.45, 7) is 9.11. The molecule has 0 amide bonds. The first kappa shape index (κ1) is 11.2. The molecule has 0 saturated heterocycles. The summed E-state index contributed by atoms with van der Waals surface area (Å²) in [6, 6.07) is 0. The van der Waals surface area contributed by atoms with E-state index in [4.69, 9.17) is 4.55 Å². The third-order valence-corrected chi connectivity index (χ3v) is 0.985. The van der Waals surface area contributed by atoms with E-state index in [2.05, 4.69) is 19.7 Å². The number of rotatable bonds is 2. The van der Waals surface area contributed by atoms with Crippen molar-refractivity contribution in [1.82, 2.24) is 0 Å². The van der Waals surface area contributed by atoms with Crippen LogP contribution in [0, 0.1) is 0 Å². The molecule has 0 aromatic heterocycles. The molecule has 0 radical (unpaired) electrons. The Bertz CT molecular complexity index is 157. The van der Waals surface area contributed by atoms with E-state index in [0.717, 1.165) is 6.08 Å². The second-order valence-electron chi connectivity index (χ2n) is 1.04. The summed E-state index contributed by atoms with van der Waals surface area (Å²) in [5, 5.41) is 0. The maximum Gasteiger partial charge on any atom is 0.268 e. The van der Waals surface area contributed by atoms with E-state index in [0.29, 0.717) is 0 Å². The summed E-state index contributed by atoms with van der Waals surface area (Å²) >= 11 is 0. The fourth-order valence-corrected chi connectivity index (χ4v) is 0.447. The van der Waals surface area contributed by atoms with Crippen molar-refractivity contribution >= 4 is 10.1 Å². The van der Waals surface area contributed by atoms with Crippen LogP contribution in [-0.4, -0.2) is 18.7 Å². The molecule has 3 nitrogen and oxygen atoms in total. The smallest absolute Gasteiger partial charge is 0.268 e. The van der Waals surface area contributed by atoms with Gasteiger partial charge in [0.25, 0.3) is 10.1 Å². The molecule has 0 heterocycles. The highest BCUT2D eigenvalue weighted by molar-refractivity contribution is 7.85. The molecule has 0 saturated carbocycles. The Morgan fingerprint density at radius 1 is 1.44 bits per heavy atom. The fraction of sp³-hybridized carbons (Fsp3) is 0.200. The predicted molar refractivity (Wildman–Crippen MR) is 37.9 cm³/mol. The lowest BCUT2D eigenvalue weighted by Gasteiger charge is -1.82. The summed E-state index contributed by atoms with van der Waals surface area (Å²) in [7, 11) is -3.79. The van der Waals surface area contributed by atoms with Gasteiger partial charge in [-0.05, 0) is 0 Å². The number of hydrogen-bond acceptors (Lipinski definition) is 2. The van der Waals surface area contributed by atoms with Crippen molar-refractivity contribution in [3.63, 3.8) is 0 Å². The Morgan fingerprint density at radius 2 is 1.78 bits per heavy atom. The molecule has 0 rings (SSSR count). The van der Waals surface area contributed by atoms with Gasteiger partial charge in [-0.1, -0.05) is 6.08 Å². The quantitative estimate of drug-likeness (QED) is 0.469. The third-order valence-electron chi connectivity index (χ3n) is 0.328. The van der Waals surface area contributed by atoms with Crippen LogP contribution in [0.3, 0.4) is 0 Å². The predicted octanol–water partition coefficient (Wildman–Crippen LogP) is 0.862. The van der Waals surface area contributed by atoms with Gasteiger partial charge in [0.1, 0.15) is 0 Å². The molecule has 0 aliphatic heterocycles. The van der Waals surface area contributed by atoms with Crippen LogP contribution < -0.4 is 0 Å². The number of hydrogen-bond donors (Lipinski definition) is 1. The molecule has 0 atom stereocenters. The summed E-state index contributed by atoms with van der Waals surface area (Å²) in [4.78, 5) is 0. The van der Waals surface area contributed by atoms with Gasteiger partial charge < -0.3 is 0 Å². The Labute approximate surface area is 55.5 Å². The SMILES string of the molecule is C=C.C=CCS(=O)(=O)O. The minimum Gasteiger partial charge on any atom is -0.285 e. The van der Waals surface area contributed by atoms with E-state index in [-0.39, 0.29) is 5.75 Å². The van der Waals surface area contributed by atoms with Crippen LogP contribution in [-0.2, 0) is 10.1 Å². The zero-order chi connectivity index (χ0) is 7.91. The molecule has 1 N–H and O–H groups in total. The molecule has 0 fully saturated rings. The van der Waals surface area contributed by atoms with Gasteiger partial charge in [0, 0.05) is 0 Å². The Morgan fingerprint density at radius 3 is 1.78 bits per heavy atom. The lowest BCUT2D eigenvalue weighted by atomic mass is 10.8. The summed E-state index contributed by atoms with van der Waals surface area (Å²) < 4.78 is 27.3. The highest BCUT2D eigenvalue weighted by Crippen LogP contribution is 1.78. The summed E-state index contributed by atoms with van der Waals surface area (Å²) in [5.41, 5.74) is 0. The molecular weight excluding hydrogens is 140 g/mol. The van der Waals surface area contributed by atoms with Crippen LogP contribution >= 0.6 is 0 Å². The molecule has 0 aromatic rings. The normalized spacial score (nSPS) is 9.00. The van der Waals surface area contributed by atoms with Crippen molar-refractivity contribution in [3.8, 4) is 0 Å². The fourth-order valence-electron chi connectivity index (χ4n) is 0.149. The van der Waals surface area contributed by atoms with E-state index in [1.165, 1.54) is 0 Å². The largest absolute Gasteiger partial charge is 0.285 e. The molecule has 0 unspecified atom stereocenters. The van der Waals surface area contributed by atoms with Gasteiger partial charge in [-0.25, -0.2) is 0 Å². The Hall–Kier alpha value is -0.610. The standard InChI is InChI=1S/C3H6O3S.C2H4/c1-2-3-7(4,5)6;1-2/h2H,1,3H2,(H,4,5,6);1-2H2. The highest BCUT2D eigenvalue weighted by Gasteiger charge is 1.95. The molecule has 0 bridgehead atoms. The first-order valence-corrected chi connectivity index (χ1v) is 3.73. The van der Waals surface area contributed by atoms with Gasteiger partial charge in [-0.15, -0.1) is 19.7 Å². The first-order valence-electron chi connectivity index (χ1n) is 2.12. The average Bonchev–Trinajstić information content (AvgIpc) is 1.69. The minimum absolute atomic E-state index is 0.368. The van der Waals surface area contributed by atoms with Crippen LogP contribution in [0.5, 0.6) is 0 Å². The molecule has 0 aromatic carbocycles. The van der Waals surface area contributed by atoms with Crippen LogP contribution in [0.4, 0.5) is 0 Å². The highest BCUT2D eigenvalue weighted by atomic mass is 32.2. The van der Waals surface area contributed by atoms with Crippen molar-refractivity contribution < 1.29 is 13.0 Å². The third kappa shape index (κ3) is 18.7. The Kier molecular flexibility index (Phi) is 6.89. The van der Waals surface area contributed by atoms with Gasteiger partial charge >= 0.3 is 0 Å². The van der Waals surface area contributed by atoms with Gasteiger partial charge in [0.2, 0.25) is 0 Å². The molecule has 54 valence electrons. The van der Waals surface area contributed by atoms with Crippen LogP contribution in [0.1, 0.15) is 0 Å². The first-order chi connectivity index (χ1) is 4.06. The molecule has 4 heteroatoms. The van der Waals surface area contributed by atoms with Gasteiger partial charge in [-0.3, -0.25) is 4.55 Å². The topological polar surface area (TPSA) is 54.4 Å². The summed E-state index contributed by atoms with van der Waals surface area (Å²) in [5.74, 6) is -0.368. The van der Waals surface area contributed by atoms with Crippen LogP contribution in [0.15, 0.2) is 25.8 Å². The van der Waals surface area contributed by atoms with Gasteiger partial charge in [-0.2, -0.15) is 8.42 Å². The Balaban J connectivity index is 0. The zero-order valence-corrected chi connectivity index (χ0v) is 5.89. The van der Waals surface area contributed by atoms with Crippen molar-refractivity contribution in [1.29, 1.82) is 0 Å². The van der Waals surface area contributed by atoms with Crippen LogP contribution in [0.2, 0.25) is 0 Å². The maximum atomic E-state index is 9.72. The molecular formula is C5H10O3S. The summed E-state index contributed by atoms with van der Waals surface area (Å²) in [6.07, 6.45) is 1.12. The average molecular weight is 150 g/mol. The van der Waals surface area contributed by atoms with E-state index in [9.17, 15) is 8.42 Å². The minimum atomic E-state index is -3.79. The van der Waals surface area contributed by atoms with E-state index >= 15 is 0 Å². The second-order valence-corrected chi connectivity index (χ2v) is 2.53. The second kappa shape index (κ2) is 5.53. The lowest BCUT2D eigenvalue weighted by molar-refractivity contribution is 0.487. The van der Waals surface area contributed by atoms with Crippen molar-refractivity contribution in [2.75, 3.05) is 5.75 Å². The van der Waals surface area contributed by atoms with Crippen molar-refractivity contribution in [3.05, 3.63) is 25.8 Å². The lowest BCUT2D eigenvalue weighted by Crippen LogP contribution is -1.99. The maximum absolute atomic E-state index is 9.72. The van der Waals surface area contributed by atoms with E-state index in [1.54, 1.807) is 0 Å². The monoisotopic (exact) mass is 150 g/mol. The molecule has 9 heavy (non-hydrogen) atoms. The molecule has 0 spiro atoms. The van der Waals surface area contributed by atoms with Crippen molar-refractivity contribution in [2.45, 2.75) is 0 Å². The zero-order valence-electron chi connectivity index (χ0n) is 5.08. The van der Waals surface area contributed by atoms with Gasteiger partial charge in [0.15, 0.2) is 0 Å². The van der Waals surface area contributed by atoms with Gasteiger partial charge in [0.05, 0.1) is 5.75 Å². The van der Waals surface area contributed by atoms with Crippen LogP contribution in [0.25, 0.3) is 0 Å². The molecule has 0 aliphatic carbocycles.